The maximum Gasteiger partial charge on any atom is 0.131 e. The fourth-order valence-corrected chi connectivity index (χ4v) is 2.55. The highest BCUT2D eigenvalue weighted by molar-refractivity contribution is 7.84. The first kappa shape index (κ1) is 17.5. The van der Waals surface area contributed by atoms with Crippen molar-refractivity contribution in [2.75, 3.05) is 0 Å². The van der Waals surface area contributed by atoms with Gasteiger partial charge in [0.2, 0.25) is 0 Å². The molecule has 0 radical (unpaired) electrons. The van der Waals surface area contributed by atoms with Gasteiger partial charge >= 0.3 is 0 Å². The molecule has 1 aromatic rings. The largest absolute Gasteiger partial charge is 0.381 e. The zero-order valence-electron chi connectivity index (χ0n) is 13.3. The van der Waals surface area contributed by atoms with E-state index in [9.17, 15) is 8.78 Å². The standard InChI is InChI=1S/C19H21F2NS/c1-3-17(11-19(23)14-6-4-13(2)5-7-14)22-12-15-8-9-16(20)10-18(15)21/h3-4,6-11,13,22-23H,5,12H2,1-2H3/b17-3-,19-11-. The van der Waals surface area contributed by atoms with Crippen molar-refractivity contribution in [3.8, 4) is 0 Å². The lowest BCUT2D eigenvalue weighted by Gasteiger charge is -2.13. The van der Waals surface area contributed by atoms with Gasteiger partial charge in [-0.05, 0) is 37.0 Å². The molecule has 4 heteroatoms. The maximum absolute atomic E-state index is 13.6. The molecule has 1 N–H and O–H groups in total. The number of thiol groups is 1. The second-order valence-corrected chi connectivity index (χ2v) is 6.08. The predicted octanol–water partition coefficient (Wildman–Crippen LogP) is 5.29. The fraction of sp³-hybridized carbons (Fsp3) is 0.263. The Balaban J connectivity index is 2.03. The van der Waals surface area contributed by atoms with Crippen LogP contribution in [0, 0.1) is 17.6 Å². The maximum atomic E-state index is 13.6. The van der Waals surface area contributed by atoms with E-state index in [1.807, 2.05) is 19.1 Å². The van der Waals surface area contributed by atoms with Crippen LogP contribution in [0.3, 0.4) is 0 Å². The van der Waals surface area contributed by atoms with Crippen LogP contribution in [0.4, 0.5) is 8.78 Å². The molecule has 2 rings (SSSR count). The lowest BCUT2D eigenvalue weighted by Crippen LogP contribution is -2.13. The smallest absolute Gasteiger partial charge is 0.131 e. The molecule has 122 valence electrons. The minimum Gasteiger partial charge on any atom is -0.381 e. The second-order valence-electron chi connectivity index (χ2n) is 5.59. The van der Waals surface area contributed by atoms with Crippen LogP contribution in [0.2, 0.25) is 0 Å². The van der Waals surface area contributed by atoms with Crippen LogP contribution in [0.1, 0.15) is 25.8 Å². The van der Waals surface area contributed by atoms with Gasteiger partial charge in [0, 0.05) is 28.8 Å². The molecule has 0 saturated heterocycles. The number of allylic oxidation sites excluding steroid dienone is 6. The zero-order chi connectivity index (χ0) is 16.8. The van der Waals surface area contributed by atoms with Crippen LogP contribution in [0.25, 0.3) is 0 Å². The summed E-state index contributed by atoms with van der Waals surface area (Å²) in [5, 5.41) is 3.15. The minimum absolute atomic E-state index is 0.287. The van der Waals surface area contributed by atoms with E-state index in [0.717, 1.165) is 28.7 Å². The Morgan fingerprint density at radius 1 is 1.39 bits per heavy atom. The third-order valence-corrected chi connectivity index (χ3v) is 4.10. The van der Waals surface area contributed by atoms with Gasteiger partial charge in [-0.1, -0.05) is 37.3 Å². The van der Waals surface area contributed by atoms with Crippen LogP contribution in [-0.4, -0.2) is 0 Å². The van der Waals surface area contributed by atoms with E-state index in [0.29, 0.717) is 11.5 Å². The Kier molecular flexibility index (Phi) is 6.22. The summed E-state index contributed by atoms with van der Waals surface area (Å²) in [6.07, 6.45) is 11.2. The van der Waals surface area contributed by atoms with Crippen molar-refractivity contribution < 1.29 is 8.78 Å². The van der Waals surface area contributed by atoms with Crippen molar-refractivity contribution in [1.82, 2.24) is 5.32 Å². The normalized spacial score (nSPS) is 18.8. The third kappa shape index (κ3) is 5.10. The van der Waals surface area contributed by atoms with E-state index in [1.165, 1.54) is 12.1 Å². The van der Waals surface area contributed by atoms with Gasteiger partial charge in [-0.2, -0.15) is 0 Å². The Hall–Kier alpha value is -1.81. The van der Waals surface area contributed by atoms with Crippen LogP contribution < -0.4 is 5.32 Å². The lowest BCUT2D eigenvalue weighted by molar-refractivity contribution is 0.568. The Morgan fingerprint density at radius 2 is 2.17 bits per heavy atom. The van der Waals surface area contributed by atoms with Gasteiger partial charge in [-0.3, -0.25) is 0 Å². The SMILES string of the molecule is C/C=C(/C=C(\S)C1=CCC(C)C=C1)NCc1ccc(F)cc1F. The molecule has 23 heavy (non-hydrogen) atoms. The summed E-state index contributed by atoms with van der Waals surface area (Å²) < 4.78 is 26.6. The molecule has 1 aromatic carbocycles. The van der Waals surface area contributed by atoms with E-state index in [2.05, 4.69) is 43.1 Å². The minimum atomic E-state index is -0.569. The van der Waals surface area contributed by atoms with Crippen LogP contribution in [-0.2, 0) is 6.54 Å². The average molecular weight is 333 g/mol. The van der Waals surface area contributed by atoms with E-state index >= 15 is 0 Å². The molecule has 0 aromatic heterocycles. The molecular weight excluding hydrogens is 312 g/mol. The van der Waals surface area contributed by atoms with Crippen LogP contribution >= 0.6 is 12.6 Å². The van der Waals surface area contributed by atoms with Gasteiger partial charge in [0.1, 0.15) is 11.6 Å². The van der Waals surface area contributed by atoms with Gasteiger partial charge in [0.15, 0.2) is 0 Å². The Labute approximate surface area is 141 Å². The van der Waals surface area contributed by atoms with Gasteiger partial charge in [-0.25, -0.2) is 8.78 Å². The van der Waals surface area contributed by atoms with Crippen molar-refractivity contribution in [2.24, 2.45) is 5.92 Å². The quantitative estimate of drug-likeness (QED) is 0.551. The molecule has 1 atom stereocenters. The molecule has 1 aliphatic rings. The average Bonchev–Trinajstić information content (AvgIpc) is 2.53. The molecule has 0 amide bonds. The predicted molar refractivity (Wildman–Crippen MR) is 95.0 cm³/mol. The number of rotatable bonds is 5. The Morgan fingerprint density at radius 3 is 2.78 bits per heavy atom. The summed E-state index contributed by atoms with van der Waals surface area (Å²) in [5.74, 6) is -0.559. The summed E-state index contributed by atoms with van der Waals surface area (Å²) >= 11 is 4.55. The summed E-state index contributed by atoms with van der Waals surface area (Å²) in [6.45, 7) is 4.35. The number of benzene rings is 1. The number of hydrogen-bond donors (Lipinski definition) is 2. The molecule has 0 spiro atoms. The first-order valence-electron chi connectivity index (χ1n) is 7.63. The van der Waals surface area contributed by atoms with E-state index < -0.39 is 11.6 Å². The van der Waals surface area contributed by atoms with Gasteiger partial charge < -0.3 is 5.32 Å². The molecule has 1 aliphatic carbocycles. The highest BCUT2D eigenvalue weighted by Gasteiger charge is 2.07. The van der Waals surface area contributed by atoms with Crippen molar-refractivity contribution in [3.05, 3.63) is 82.0 Å². The first-order valence-corrected chi connectivity index (χ1v) is 8.08. The van der Waals surface area contributed by atoms with Crippen molar-refractivity contribution >= 4 is 12.6 Å². The summed E-state index contributed by atoms with van der Waals surface area (Å²) in [6, 6.07) is 3.60. The number of nitrogens with one attached hydrogen (secondary N) is 1. The van der Waals surface area contributed by atoms with Crippen molar-refractivity contribution in [1.29, 1.82) is 0 Å². The van der Waals surface area contributed by atoms with Crippen molar-refractivity contribution in [3.63, 3.8) is 0 Å². The molecule has 0 saturated carbocycles. The third-order valence-electron chi connectivity index (χ3n) is 3.71. The molecular formula is C19H21F2NS. The summed E-state index contributed by atoms with van der Waals surface area (Å²) in [4.78, 5) is 0.855. The molecule has 1 unspecified atom stereocenters. The molecule has 0 fully saturated rings. The van der Waals surface area contributed by atoms with E-state index in [1.54, 1.807) is 0 Å². The van der Waals surface area contributed by atoms with Gasteiger partial charge in [0.25, 0.3) is 0 Å². The highest BCUT2D eigenvalue weighted by atomic mass is 32.1. The topological polar surface area (TPSA) is 12.0 Å². The molecule has 0 bridgehead atoms. The van der Waals surface area contributed by atoms with Crippen molar-refractivity contribution in [2.45, 2.75) is 26.8 Å². The zero-order valence-corrected chi connectivity index (χ0v) is 14.2. The number of halogens is 2. The fourth-order valence-electron chi connectivity index (χ4n) is 2.25. The Bertz CT molecular complexity index is 687. The van der Waals surface area contributed by atoms with Gasteiger partial charge in [-0.15, -0.1) is 12.6 Å². The van der Waals surface area contributed by atoms with E-state index in [-0.39, 0.29) is 6.54 Å². The highest BCUT2D eigenvalue weighted by Crippen LogP contribution is 2.24. The van der Waals surface area contributed by atoms with Crippen LogP contribution in [0.15, 0.2) is 64.8 Å². The summed E-state index contributed by atoms with van der Waals surface area (Å²) in [5.41, 5.74) is 2.35. The monoisotopic (exact) mass is 333 g/mol. The number of hydrogen-bond acceptors (Lipinski definition) is 2. The van der Waals surface area contributed by atoms with Gasteiger partial charge in [0.05, 0.1) is 0 Å². The van der Waals surface area contributed by atoms with E-state index in [4.69, 9.17) is 0 Å². The molecule has 1 nitrogen and oxygen atoms in total. The van der Waals surface area contributed by atoms with Crippen LogP contribution in [0.5, 0.6) is 0 Å². The summed E-state index contributed by atoms with van der Waals surface area (Å²) in [7, 11) is 0. The second kappa shape index (κ2) is 8.16. The lowest BCUT2D eigenvalue weighted by atomic mass is 9.98. The molecule has 0 aliphatic heterocycles. The first-order chi connectivity index (χ1) is 11.0. The molecule has 0 heterocycles.